The van der Waals surface area contributed by atoms with Crippen LogP contribution in [0.5, 0.6) is 5.75 Å². The van der Waals surface area contributed by atoms with E-state index in [-0.39, 0.29) is 12.2 Å². The highest BCUT2D eigenvalue weighted by Gasteiger charge is 2.07. The van der Waals surface area contributed by atoms with Gasteiger partial charge in [-0.15, -0.1) is 0 Å². The van der Waals surface area contributed by atoms with Crippen LogP contribution in [0.25, 0.3) is 0 Å². The van der Waals surface area contributed by atoms with Crippen LogP contribution in [-0.2, 0) is 0 Å². The maximum absolute atomic E-state index is 10.7. The van der Waals surface area contributed by atoms with E-state index in [0.717, 1.165) is 0 Å². The first kappa shape index (κ1) is 10.1. The van der Waals surface area contributed by atoms with Crippen LogP contribution in [0.2, 0.25) is 0 Å². The number of hydrogen-bond donors (Lipinski definition) is 1. The minimum atomic E-state index is -0.964. The number of carboxylic acid groups (broad SMARTS) is 1. The van der Waals surface area contributed by atoms with Gasteiger partial charge in [-0.2, -0.15) is 5.26 Å². The standard InChI is InChI=1S/C10H9NO3/c1-7-6-8(14-5-4-11)2-3-9(7)10(12)13/h2-3,6H,5H2,1H3,(H,12,13). The number of hydrogen-bond acceptors (Lipinski definition) is 3. The molecule has 4 nitrogen and oxygen atoms in total. The summed E-state index contributed by atoms with van der Waals surface area (Å²) in [5.74, 6) is -0.455. The van der Waals surface area contributed by atoms with Crippen molar-refractivity contribution in [2.24, 2.45) is 0 Å². The molecular weight excluding hydrogens is 182 g/mol. The predicted octanol–water partition coefficient (Wildman–Crippen LogP) is 1.60. The molecule has 0 radical (unpaired) electrons. The zero-order chi connectivity index (χ0) is 10.6. The number of carboxylic acids is 1. The van der Waals surface area contributed by atoms with E-state index in [1.165, 1.54) is 12.1 Å². The van der Waals surface area contributed by atoms with Crippen molar-refractivity contribution < 1.29 is 14.6 Å². The van der Waals surface area contributed by atoms with Gasteiger partial charge < -0.3 is 9.84 Å². The predicted molar refractivity (Wildman–Crippen MR) is 49.2 cm³/mol. The molecule has 0 fully saturated rings. The number of ether oxygens (including phenoxy) is 1. The number of aryl methyl sites for hydroxylation is 1. The average Bonchev–Trinajstić information content (AvgIpc) is 2.14. The van der Waals surface area contributed by atoms with E-state index >= 15 is 0 Å². The Balaban J connectivity index is 2.90. The Labute approximate surface area is 81.4 Å². The minimum Gasteiger partial charge on any atom is -0.479 e. The molecule has 4 heteroatoms. The van der Waals surface area contributed by atoms with Crippen LogP contribution >= 0.6 is 0 Å². The Kier molecular flexibility index (Phi) is 3.08. The first-order chi connectivity index (χ1) is 6.65. The number of nitriles is 1. The van der Waals surface area contributed by atoms with Crippen LogP contribution in [-0.4, -0.2) is 17.7 Å². The molecule has 0 saturated carbocycles. The second-order valence-electron chi connectivity index (χ2n) is 2.73. The van der Waals surface area contributed by atoms with Gasteiger partial charge in [0.05, 0.1) is 5.56 Å². The van der Waals surface area contributed by atoms with Gasteiger partial charge in [0.2, 0.25) is 0 Å². The van der Waals surface area contributed by atoms with E-state index < -0.39 is 5.97 Å². The topological polar surface area (TPSA) is 70.3 Å². The van der Waals surface area contributed by atoms with E-state index in [4.69, 9.17) is 15.1 Å². The first-order valence-corrected chi connectivity index (χ1v) is 3.99. The van der Waals surface area contributed by atoms with Gasteiger partial charge in [0, 0.05) is 0 Å². The SMILES string of the molecule is Cc1cc(OCC#N)ccc1C(=O)O. The number of benzene rings is 1. The highest BCUT2D eigenvalue weighted by Crippen LogP contribution is 2.16. The first-order valence-electron chi connectivity index (χ1n) is 3.99. The molecule has 0 heterocycles. The normalized spacial score (nSPS) is 9.14. The maximum atomic E-state index is 10.7. The van der Waals surface area contributed by atoms with Crippen LogP contribution in [0.15, 0.2) is 18.2 Å². The van der Waals surface area contributed by atoms with E-state index in [9.17, 15) is 4.79 Å². The number of aromatic carboxylic acids is 1. The van der Waals surface area contributed by atoms with E-state index in [2.05, 4.69) is 0 Å². The Morgan fingerprint density at radius 2 is 2.36 bits per heavy atom. The summed E-state index contributed by atoms with van der Waals surface area (Å²) < 4.78 is 5.02. The summed E-state index contributed by atoms with van der Waals surface area (Å²) in [6.45, 7) is 1.65. The molecule has 0 bridgehead atoms. The third-order valence-corrected chi connectivity index (χ3v) is 1.73. The quantitative estimate of drug-likeness (QED) is 0.787. The lowest BCUT2D eigenvalue weighted by Crippen LogP contribution is -2.00. The fourth-order valence-corrected chi connectivity index (χ4v) is 1.08. The average molecular weight is 191 g/mol. The third-order valence-electron chi connectivity index (χ3n) is 1.73. The minimum absolute atomic E-state index is 0.0359. The molecule has 1 N–H and O–H groups in total. The largest absolute Gasteiger partial charge is 0.479 e. The van der Waals surface area contributed by atoms with Gasteiger partial charge in [-0.3, -0.25) is 0 Å². The molecule has 0 spiro atoms. The van der Waals surface area contributed by atoms with Crippen LogP contribution in [0.4, 0.5) is 0 Å². The van der Waals surface area contributed by atoms with Crippen LogP contribution in [0.1, 0.15) is 15.9 Å². The molecule has 0 aliphatic rings. The van der Waals surface area contributed by atoms with Crippen molar-refractivity contribution in [2.45, 2.75) is 6.92 Å². The smallest absolute Gasteiger partial charge is 0.335 e. The Bertz CT molecular complexity index is 393. The third kappa shape index (κ3) is 2.23. The van der Waals surface area contributed by atoms with Gasteiger partial charge in [-0.25, -0.2) is 4.79 Å². The second kappa shape index (κ2) is 4.28. The molecule has 0 atom stereocenters. The van der Waals surface area contributed by atoms with Gasteiger partial charge in [-0.1, -0.05) is 0 Å². The molecule has 1 aromatic carbocycles. The summed E-state index contributed by atoms with van der Waals surface area (Å²) in [6.07, 6.45) is 0. The molecule has 0 unspecified atom stereocenters. The Morgan fingerprint density at radius 3 is 2.86 bits per heavy atom. The van der Waals surface area contributed by atoms with Crippen molar-refractivity contribution in [1.82, 2.24) is 0 Å². The summed E-state index contributed by atoms with van der Waals surface area (Å²) in [6, 6.07) is 6.43. The molecule has 0 aliphatic carbocycles. The number of rotatable bonds is 3. The molecule has 0 saturated heterocycles. The lowest BCUT2D eigenvalue weighted by atomic mass is 10.1. The highest BCUT2D eigenvalue weighted by atomic mass is 16.5. The van der Waals surface area contributed by atoms with Gasteiger partial charge in [-0.05, 0) is 30.7 Å². The fourth-order valence-electron chi connectivity index (χ4n) is 1.08. The summed E-state index contributed by atoms with van der Waals surface area (Å²) in [4.78, 5) is 10.7. The van der Waals surface area contributed by atoms with Crippen molar-refractivity contribution in [3.8, 4) is 11.8 Å². The number of nitrogens with zero attached hydrogens (tertiary/aromatic N) is 1. The van der Waals surface area contributed by atoms with Gasteiger partial charge in [0.25, 0.3) is 0 Å². The Morgan fingerprint density at radius 1 is 1.64 bits per heavy atom. The van der Waals surface area contributed by atoms with Crippen LogP contribution in [0, 0.1) is 18.3 Å². The van der Waals surface area contributed by atoms with E-state index in [0.29, 0.717) is 11.3 Å². The van der Waals surface area contributed by atoms with Crippen molar-refractivity contribution in [2.75, 3.05) is 6.61 Å². The second-order valence-corrected chi connectivity index (χ2v) is 2.73. The van der Waals surface area contributed by atoms with Crippen LogP contribution in [0.3, 0.4) is 0 Å². The zero-order valence-electron chi connectivity index (χ0n) is 7.65. The fraction of sp³-hybridized carbons (Fsp3) is 0.200. The monoisotopic (exact) mass is 191 g/mol. The summed E-state index contributed by atoms with van der Waals surface area (Å²) in [5, 5.41) is 17.0. The zero-order valence-corrected chi connectivity index (χ0v) is 7.65. The van der Waals surface area contributed by atoms with Crippen molar-refractivity contribution >= 4 is 5.97 Å². The Hall–Kier alpha value is -2.02. The summed E-state index contributed by atoms with van der Waals surface area (Å²) >= 11 is 0. The molecule has 72 valence electrons. The van der Waals surface area contributed by atoms with E-state index in [1.54, 1.807) is 13.0 Å². The number of carbonyl (C=O) groups is 1. The van der Waals surface area contributed by atoms with E-state index in [1.807, 2.05) is 6.07 Å². The molecule has 0 amide bonds. The molecule has 0 aliphatic heterocycles. The van der Waals surface area contributed by atoms with Gasteiger partial charge in [0.1, 0.15) is 11.8 Å². The van der Waals surface area contributed by atoms with Crippen LogP contribution < -0.4 is 4.74 Å². The van der Waals surface area contributed by atoms with Crippen molar-refractivity contribution in [3.05, 3.63) is 29.3 Å². The van der Waals surface area contributed by atoms with Crippen molar-refractivity contribution in [3.63, 3.8) is 0 Å². The highest BCUT2D eigenvalue weighted by molar-refractivity contribution is 5.89. The molecule has 0 aromatic heterocycles. The maximum Gasteiger partial charge on any atom is 0.335 e. The molecule has 1 rings (SSSR count). The molecular formula is C10H9NO3. The molecule has 14 heavy (non-hydrogen) atoms. The van der Waals surface area contributed by atoms with Gasteiger partial charge >= 0.3 is 5.97 Å². The summed E-state index contributed by atoms with van der Waals surface area (Å²) in [5.41, 5.74) is 0.863. The van der Waals surface area contributed by atoms with Gasteiger partial charge in [0.15, 0.2) is 6.61 Å². The lowest BCUT2D eigenvalue weighted by Gasteiger charge is -2.04. The summed E-state index contributed by atoms with van der Waals surface area (Å²) in [7, 11) is 0. The van der Waals surface area contributed by atoms with Crippen molar-refractivity contribution in [1.29, 1.82) is 5.26 Å². The lowest BCUT2D eigenvalue weighted by molar-refractivity contribution is 0.0696. The molecule has 1 aromatic rings.